The Morgan fingerprint density at radius 2 is 1.92 bits per heavy atom. The summed E-state index contributed by atoms with van der Waals surface area (Å²) in [6, 6.07) is 14.5. The number of benzene rings is 2. The third-order valence-electron chi connectivity index (χ3n) is 3.67. The van der Waals surface area contributed by atoms with Crippen LogP contribution in [0.2, 0.25) is 0 Å². The Morgan fingerprint density at radius 1 is 1.19 bits per heavy atom. The monoisotopic (exact) mass is 365 g/mol. The van der Waals surface area contributed by atoms with Crippen LogP contribution in [0.4, 0.5) is 10.5 Å². The molecule has 128 valence electrons. The van der Waals surface area contributed by atoms with E-state index in [0.29, 0.717) is 16.7 Å². The number of rotatable bonds is 4. The van der Waals surface area contributed by atoms with E-state index in [0.717, 1.165) is 16.7 Å². The maximum absolute atomic E-state index is 12.5. The molecule has 0 atom stereocenters. The third-order valence-corrected chi connectivity index (χ3v) is 4.58. The molecule has 26 heavy (non-hydrogen) atoms. The van der Waals surface area contributed by atoms with Crippen molar-refractivity contribution in [3.8, 4) is 6.07 Å². The number of nitro groups is 1. The molecule has 2 aromatic carbocycles. The van der Waals surface area contributed by atoms with E-state index in [4.69, 9.17) is 5.26 Å². The van der Waals surface area contributed by atoms with Crippen LogP contribution in [0.1, 0.15) is 16.7 Å². The molecule has 0 saturated carbocycles. The predicted molar refractivity (Wildman–Crippen MR) is 95.8 cm³/mol. The molecule has 2 aromatic rings. The van der Waals surface area contributed by atoms with Crippen molar-refractivity contribution in [2.24, 2.45) is 0 Å². The van der Waals surface area contributed by atoms with Gasteiger partial charge in [0.2, 0.25) is 0 Å². The van der Waals surface area contributed by atoms with Crippen molar-refractivity contribution < 1.29 is 14.5 Å². The van der Waals surface area contributed by atoms with E-state index < -0.39 is 16.1 Å². The highest BCUT2D eigenvalue weighted by atomic mass is 32.2. The van der Waals surface area contributed by atoms with Crippen molar-refractivity contribution in [3.63, 3.8) is 0 Å². The number of amides is 2. The number of nitriles is 1. The Bertz CT molecular complexity index is 977. The van der Waals surface area contributed by atoms with Crippen LogP contribution in [0.5, 0.6) is 0 Å². The Morgan fingerprint density at radius 3 is 2.58 bits per heavy atom. The van der Waals surface area contributed by atoms with Gasteiger partial charge in [-0.3, -0.25) is 24.6 Å². The largest absolute Gasteiger partial charge is 0.293 e. The van der Waals surface area contributed by atoms with Crippen LogP contribution < -0.4 is 0 Å². The Labute approximate surface area is 152 Å². The second-order valence-electron chi connectivity index (χ2n) is 5.43. The number of carbonyl (C=O) groups excluding carboxylic acids is 2. The van der Waals surface area contributed by atoms with E-state index >= 15 is 0 Å². The first-order valence-electron chi connectivity index (χ1n) is 7.47. The summed E-state index contributed by atoms with van der Waals surface area (Å²) < 4.78 is 0. The van der Waals surface area contributed by atoms with Crippen molar-refractivity contribution in [1.29, 1.82) is 5.26 Å². The van der Waals surface area contributed by atoms with Crippen molar-refractivity contribution in [2.45, 2.75) is 6.54 Å². The summed E-state index contributed by atoms with van der Waals surface area (Å²) >= 11 is 0.816. The SMILES string of the molecule is N#Cc1ccc(/C=C2/SC(=O)N(Cc3cccc([N+](=O)[O-])c3)C2=O)cc1. The molecular formula is C18H11N3O4S. The molecule has 1 heterocycles. The van der Waals surface area contributed by atoms with E-state index in [2.05, 4.69) is 0 Å². The minimum Gasteiger partial charge on any atom is -0.268 e. The number of nitro benzene ring substituents is 1. The molecule has 1 fully saturated rings. The molecule has 7 nitrogen and oxygen atoms in total. The molecule has 0 aromatic heterocycles. The molecule has 0 radical (unpaired) electrons. The van der Waals surface area contributed by atoms with Crippen molar-refractivity contribution in [3.05, 3.63) is 80.2 Å². The quantitative estimate of drug-likeness (QED) is 0.465. The highest BCUT2D eigenvalue weighted by Crippen LogP contribution is 2.33. The molecule has 0 spiro atoms. The van der Waals surface area contributed by atoms with Gasteiger partial charge >= 0.3 is 0 Å². The minimum atomic E-state index is -0.526. The molecule has 3 rings (SSSR count). The van der Waals surface area contributed by atoms with E-state index in [-0.39, 0.29) is 17.1 Å². The molecule has 0 bridgehead atoms. The molecule has 1 saturated heterocycles. The number of hydrogen-bond donors (Lipinski definition) is 0. The molecule has 1 aliphatic heterocycles. The Kier molecular flexibility index (Phi) is 4.82. The van der Waals surface area contributed by atoms with Crippen LogP contribution in [0.15, 0.2) is 53.4 Å². The predicted octanol–water partition coefficient (Wildman–Crippen LogP) is 3.70. The van der Waals surface area contributed by atoms with Crippen LogP contribution in [0, 0.1) is 21.4 Å². The maximum Gasteiger partial charge on any atom is 0.293 e. The lowest BCUT2D eigenvalue weighted by atomic mass is 10.1. The van der Waals surface area contributed by atoms with Gasteiger partial charge in [0.15, 0.2) is 0 Å². The van der Waals surface area contributed by atoms with Gasteiger partial charge in [-0.05, 0) is 41.1 Å². The zero-order chi connectivity index (χ0) is 18.7. The minimum absolute atomic E-state index is 0.0307. The van der Waals surface area contributed by atoms with Gasteiger partial charge in [0.25, 0.3) is 16.8 Å². The first-order chi connectivity index (χ1) is 12.5. The summed E-state index contributed by atoms with van der Waals surface area (Å²) in [5.41, 5.74) is 1.61. The maximum atomic E-state index is 12.5. The van der Waals surface area contributed by atoms with Crippen LogP contribution in [0.3, 0.4) is 0 Å². The molecule has 0 unspecified atom stereocenters. The van der Waals surface area contributed by atoms with Crippen molar-refractivity contribution in [1.82, 2.24) is 4.90 Å². The first-order valence-corrected chi connectivity index (χ1v) is 8.28. The number of imide groups is 1. The number of hydrogen-bond acceptors (Lipinski definition) is 6. The van der Waals surface area contributed by atoms with Gasteiger partial charge in [-0.1, -0.05) is 24.3 Å². The topological polar surface area (TPSA) is 104 Å². The fourth-order valence-electron chi connectivity index (χ4n) is 2.39. The highest BCUT2D eigenvalue weighted by molar-refractivity contribution is 8.18. The smallest absolute Gasteiger partial charge is 0.268 e. The van der Waals surface area contributed by atoms with E-state index in [1.807, 2.05) is 6.07 Å². The number of carbonyl (C=O) groups is 2. The van der Waals surface area contributed by atoms with Crippen LogP contribution >= 0.6 is 11.8 Å². The summed E-state index contributed by atoms with van der Waals surface area (Å²) in [6.07, 6.45) is 1.58. The van der Waals surface area contributed by atoms with Crippen molar-refractivity contribution >= 4 is 34.7 Å². The highest BCUT2D eigenvalue weighted by Gasteiger charge is 2.35. The van der Waals surface area contributed by atoms with E-state index in [1.165, 1.54) is 18.2 Å². The lowest BCUT2D eigenvalue weighted by Gasteiger charge is -2.12. The van der Waals surface area contributed by atoms with Crippen LogP contribution in [-0.4, -0.2) is 21.0 Å². The van der Waals surface area contributed by atoms with Gasteiger partial charge in [-0.2, -0.15) is 5.26 Å². The van der Waals surface area contributed by atoms with E-state index in [1.54, 1.807) is 36.4 Å². The van der Waals surface area contributed by atoms with Gasteiger partial charge in [0.05, 0.1) is 28.0 Å². The zero-order valence-corrected chi connectivity index (χ0v) is 14.1. The molecule has 0 aliphatic carbocycles. The van der Waals surface area contributed by atoms with Gasteiger partial charge in [0, 0.05) is 12.1 Å². The summed E-state index contributed by atoms with van der Waals surface area (Å²) in [6.45, 7) is -0.0307. The fourth-order valence-corrected chi connectivity index (χ4v) is 3.23. The summed E-state index contributed by atoms with van der Waals surface area (Å²) in [4.78, 5) is 36.3. The van der Waals surface area contributed by atoms with Crippen molar-refractivity contribution in [2.75, 3.05) is 0 Å². The third kappa shape index (κ3) is 3.63. The number of non-ortho nitro benzene ring substituents is 1. The summed E-state index contributed by atoms with van der Waals surface area (Å²) in [5.74, 6) is -0.448. The Balaban J connectivity index is 1.80. The lowest BCUT2D eigenvalue weighted by molar-refractivity contribution is -0.384. The zero-order valence-electron chi connectivity index (χ0n) is 13.3. The van der Waals surface area contributed by atoms with Gasteiger partial charge in [-0.25, -0.2) is 0 Å². The summed E-state index contributed by atoms with van der Waals surface area (Å²) in [7, 11) is 0. The molecule has 2 amide bonds. The van der Waals surface area contributed by atoms with Crippen LogP contribution in [-0.2, 0) is 11.3 Å². The molecule has 1 aliphatic rings. The average Bonchev–Trinajstić information content (AvgIpc) is 2.90. The summed E-state index contributed by atoms with van der Waals surface area (Å²) in [5, 5.41) is 19.2. The second kappa shape index (κ2) is 7.21. The normalized spacial score (nSPS) is 15.3. The number of nitrogens with zero attached hydrogens (tertiary/aromatic N) is 3. The average molecular weight is 365 g/mol. The van der Waals surface area contributed by atoms with Gasteiger partial charge in [-0.15, -0.1) is 0 Å². The number of thioether (sulfide) groups is 1. The first kappa shape index (κ1) is 17.4. The fraction of sp³-hybridized carbons (Fsp3) is 0.0556. The molecule has 0 N–H and O–H groups in total. The molecule has 8 heteroatoms. The molecular weight excluding hydrogens is 354 g/mol. The van der Waals surface area contributed by atoms with Crippen LogP contribution in [0.25, 0.3) is 6.08 Å². The van der Waals surface area contributed by atoms with E-state index in [9.17, 15) is 19.7 Å². The van der Waals surface area contributed by atoms with Gasteiger partial charge < -0.3 is 0 Å². The van der Waals surface area contributed by atoms with Gasteiger partial charge in [0.1, 0.15) is 0 Å². The Hall–Kier alpha value is -3.44. The standard InChI is InChI=1S/C18H11N3O4S/c19-10-13-6-4-12(5-7-13)9-16-17(22)20(18(23)26-16)11-14-2-1-3-15(8-14)21(24)25/h1-9H,11H2/b16-9+. The second-order valence-corrected chi connectivity index (χ2v) is 6.42. The lowest BCUT2D eigenvalue weighted by Crippen LogP contribution is -2.27.